The molecular formula is C46H61N3. The van der Waals surface area contributed by atoms with Crippen molar-refractivity contribution in [3.63, 3.8) is 0 Å². The lowest BCUT2D eigenvalue weighted by Crippen LogP contribution is -2.15. The number of hydrogen-bond acceptors (Lipinski definition) is 3. The first kappa shape index (κ1) is 39.2. The normalized spacial score (nSPS) is 14.9. The third-order valence-electron chi connectivity index (χ3n) is 9.49. The molecule has 0 unspecified atom stereocenters. The van der Waals surface area contributed by atoms with Gasteiger partial charge in [0.1, 0.15) is 0 Å². The second-order valence-corrected chi connectivity index (χ2v) is 15.5. The van der Waals surface area contributed by atoms with E-state index in [4.69, 9.17) is 0 Å². The molecule has 3 aromatic rings. The maximum Gasteiger partial charge on any atom is 0.0412 e. The lowest BCUT2D eigenvalue weighted by molar-refractivity contribution is 0.392. The molecule has 2 aromatic carbocycles. The van der Waals surface area contributed by atoms with Gasteiger partial charge in [-0.1, -0.05) is 95.8 Å². The Morgan fingerprint density at radius 1 is 0.755 bits per heavy atom. The van der Waals surface area contributed by atoms with Gasteiger partial charge in [-0.3, -0.25) is 4.98 Å². The van der Waals surface area contributed by atoms with Crippen LogP contribution in [0.3, 0.4) is 0 Å². The third kappa shape index (κ3) is 11.7. The summed E-state index contributed by atoms with van der Waals surface area (Å²) in [6.07, 6.45) is 23.8. The predicted molar refractivity (Wildman–Crippen MR) is 213 cm³/mol. The highest BCUT2D eigenvalue weighted by atomic mass is 14.9. The molecule has 2 N–H and O–H groups in total. The number of pyridine rings is 1. The highest BCUT2D eigenvalue weighted by Gasteiger charge is 2.30. The van der Waals surface area contributed by atoms with Crippen molar-refractivity contribution in [2.45, 2.75) is 113 Å². The molecule has 2 aliphatic carbocycles. The number of terminal acetylenes is 1. The summed E-state index contributed by atoms with van der Waals surface area (Å²) < 4.78 is 0. The van der Waals surface area contributed by atoms with Crippen LogP contribution in [0.25, 0.3) is 0 Å². The molecule has 0 atom stereocenters. The molecule has 0 saturated heterocycles. The van der Waals surface area contributed by atoms with Crippen LogP contribution in [0.1, 0.15) is 108 Å². The predicted octanol–water partition coefficient (Wildman–Crippen LogP) is 11.5. The Kier molecular flexibility index (Phi) is 14.3. The molecule has 0 fully saturated rings. The smallest absolute Gasteiger partial charge is 0.0412 e. The van der Waals surface area contributed by atoms with E-state index in [1.165, 1.54) is 59.2 Å². The van der Waals surface area contributed by atoms with E-state index in [-0.39, 0.29) is 0 Å². The van der Waals surface area contributed by atoms with Gasteiger partial charge in [0.05, 0.1) is 0 Å². The number of nitrogens with one attached hydrogen (secondary N) is 2. The lowest BCUT2D eigenvalue weighted by atomic mass is 9.89. The summed E-state index contributed by atoms with van der Waals surface area (Å²) in [4.78, 5) is 4.03. The monoisotopic (exact) mass is 655 g/mol. The number of allylic oxidation sites excluding steroid dienone is 5. The zero-order chi connectivity index (χ0) is 36.2. The van der Waals surface area contributed by atoms with Crippen LogP contribution < -0.4 is 10.6 Å². The summed E-state index contributed by atoms with van der Waals surface area (Å²) >= 11 is 0. The molecule has 49 heavy (non-hydrogen) atoms. The van der Waals surface area contributed by atoms with E-state index in [1.807, 2.05) is 12.1 Å². The van der Waals surface area contributed by atoms with Crippen LogP contribution in [0.15, 0.2) is 108 Å². The zero-order valence-corrected chi connectivity index (χ0v) is 31.7. The van der Waals surface area contributed by atoms with Gasteiger partial charge in [0.25, 0.3) is 0 Å². The Labute approximate surface area is 299 Å². The number of rotatable bonds is 12. The van der Waals surface area contributed by atoms with Crippen molar-refractivity contribution < 1.29 is 0 Å². The van der Waals surface area contributed by atoms with E-state index < -0.39 is 0 Å². The van der Waals surface area contributed by atoms with Crippen LogP contribution in [-0.2, 0) is 38.5 Å². The van der Waals surface area contributed by atoms with Crippen molar-refractivity contribution >= 4 is 5.69 Å². The molecule has 1 aromatic heterocycles. The van der Waals surface area contributed by atoms with Crippen LogP contribution in [0.2, 0.25) is 0 Å². The number of benzene rings is 2. The fourth-order valence-corrected chi connectivity index (χ4v) is 7.28. The molecule has 0 amide bonds. The molecule has 5 rings (SSSR count). The first-order valence-electron chi connectivity index (χ1n) is 17.9. The maximum atomic E-state index is 4.28. The SMILES string of the molecule is C#C.C=C(CCc1cccc2c1CC(C)(C)C2)NC(=C(C)C)/C(C)=C\CC.C=C(CCc1cccc2c1CC(C)(C)C2)Nc1ccncc1. The van der Waals surface area contributed by atoms with Gasteiger partial charge in [-0.05, 0) is 140 Å². The van der Waals surface area contributed by atoms with Gasteiger partial charge in [0, 0.05) is 35.2 Å². The highest BCUT2D eigenvalue weighted by Crippen LogP contribution is 2.39. The first-order valence-corrected chi connectivity index (χ1v) is 17.9. The van der Waals surface area contributed by atoms with Gasteiger partial charge in [-0.15, -0.1) is 12.8 Å². The topological polar surface area (TPSA) is 37.0 Å². The number of anilines is 1. The van der Waals surface area contributed by atoms with E-state index in [9.17, 15) is 0 Å². The quantitative estimate of drug-likeness (QED) is 0.151. The number of nitrogens with zero attached hydrogens (tertiary/aromatic N) is 1. The molecule has 0 aliphatic heterocycles. The van der Waals surface area contributed by atoms with E-state index in [1.54, 1.807) is 29.1 Å². The van der Waals surface area contributed by atoms with Gasteiger partial charge in [-0.2, -0.15) is 0 Å². The van der Waals surface area contributed by atoms with Crippen molar-refractivity contribution in [3.8, 4) is 12.8 Å². The number of aromatic nitrogens is 1. The summed E-state index contributed by atoms with van der Waals surface area (Å²) in [5, 5.41) is 6.93. The minimum atomic E-state index is 0.407. The standard InChI is InChI=1S/C24H35N.C20H24N2.C2H2/c1-8-10-18(4)23(17(2)3)25-19(5)13-14-20-11-9-12-21-15-24(6,7)16-22(20)21;1-15(22-18-9-11-21-12-10-18)7-8-16-5-4-6-17-13-20(2,3)14-19(16)17;1-2/h9-12,25H,5,8,13-16H2,1-4,6-7H3;4-6,9-12H,1,7-8,13-14H2,2-3H3,(H,21,22);1-2H/b18-10-;;. The van der Waals surface area contributed by atoms with Gasteiger partial charge in [0.15, 0.2) is 0 Å². The fraction of sp³-hybridized carbons (Fsp3) is 0.413. The lowest BCUT2D eigenvalue weighted by Gasteiger charge is -2.17. The number of hydrogen-bond donors (Lipinski definition) is 2. The largest absolute Gasteiger partial charge is 0.359 e. The van der Waals surface area contributed by atoms with E-state index in [0.29, 0.717) is 10.8 Å². The average molecular weight is 656 g/mol. The van der Waals surface area contributed by atoms with E-state index in [2.05, 4.69) is 139 Å². The summed E-state index contributed by atoms with van der Waals surface area (Å²) in [5.41, 5.74) is 17.1. The molecule has 0 bridgehead atoms. The molecule has 0 spiro atoms. The molecule has 3 heteroatoms. The molecule has 1 heterocycles. The summed E-state index contributed by atoms with van der Waals surface area (Å²) in [6.45, 7) is 26.6. The van der Waals surface area contributed by atoms with Crippen LogP contribution in [-0.4, -0.2) is 4.98 Å². The second-order valence-electron chi connectivity index (χ2n) is 15.5. The van der Waals surface area contributed by atoms with Crippen molar-refractivity contribution in [3.05, 3.63) is 142 Å². The van der Waals surface area contributed by atoms with Crippen molar-refractivity contribution in [1.29, 1.82) is 0 Å². The number of fused-ring (bicyclic) bond motifs is 2. The van der Waals surface area contributed by atoms with Crippen molar-refractivity contribution in [2.24, 2.45) is 10.8 Å². The minimum Gasteiger partial charge on any atom is -0.359 e. The molecule has 0 radical (unpaired) electrons. The Balaban J connectivity index is 0.000000254. The van der Waals surface area contributed by atoms with E-state index >= 15 is 0 Å². The maximum absolute atomic E-state index is 4.28. The van der Waals surface area contributed by atoms with Crippen LogP contribution in [0.5, 0.6) is 0 Å². The molecule has 0 saturated carbocycles. The fourth-order valence-electron chi connectivity index (χ4n) is 7.28. The second kappa shape index (κ2) is 17.9. The third-order valence-corrected chi connectivity index (χ3v) is 9.49. The Morgan fingerprint density at radius 3 is 1.71 bits per heavy atom. The number of aryl methyl sites for hydroxylation is 2. The summed E-state index contributed by atoms with van der Waals surface area (Å²) in [5.74, 6) is 0. The molecule has 2 aliphatic rings. The molecular weight excluding hydrogens is 595 g/mol. The van der Waals surface area contributed by atoms with Crippen molar-refractivity contribution in [1.82, 2.24) is 10.3 Å². The summed E-state index contributed by atoms with van der Waals surface area (Å²) in [7, 11) is 0. The molecule has 260 valence electrons. The molecule has 3 nitrogen and oxygen atoms in total. The van der Waals surface area contributed by atoms with Gasteiger partial charge in [-0.25, -0.2) is 0 Å². The zero-order valence-electron chi connectivity index (χ0n) is 31.7. The van der Waals surface area contributed by atoms with Crippen LogP contribution in [0.4, 0.5) is 5.69 Å². The average Bonchev–Trinajstić information content (AvgIpc) is 3.56. The minimum absolute atomic E-state index is 0.407. The van der Waals surface area contributed by atoms with E-state index in [0.717, 1.165) is 49.2 Å². The Hall–Kier alpha value is -4.29. The van der Waals surface area contributed by atoms with Crippen LogP contribution >= 0.6 is 0 Å². The van der Waals surface area contributed by atoms with Gasteiger partial charge >= 0.3 is 0 Å². The van der Waals surface area contributed by atoms with Gasteiger partial charge < -0.3 is 10.6 Å². The Morgan fingerprint density at radius 2 is 1.24 bits per heavy atom. The van der Waals surface area contributed by atoms with Crippen molar-refractivity contribution in [2.75, 3.05) is 5.32 Å². The summed E-state index contributed by atoms with van der Waals surface area (Å²) in [6, 6.07) is 17.5. The first-order chi connectivity index (χ1) is 23.3. The Bertz CT molecular complexity index is 1660. The highest BCUT2D eigenvalue weighted by molar-refractivity contribution is 5.47. The van der Waals surface area contributed by atoms with Crippen LogP contribution in [0, 0.1) is 23.7 Å². The van der Waals surface area contributed by atoms with Gasteiger partial charge in [0.2, 0.25) is 0 Å².